The Hall–Kier alpha value is -2.30. The molecule has 3 aliphatic rings. The van der Waals surface area contributed by atoms with Crippen molar-refractivity contribution < 1.29 is 19.0 Å². The van der Waals surface area contributed by atoms with E-state index in [4.69, 9.17) is 25.8 Å². The molecule has 0 saturated carbocycles. The molecule has 9 nitrogen and oxygen atoms in total. The number of hydrogen-bond acceptors (Lipinski definition) is 8. The minimum atomic E-state index is -0.0334. The first-order valence-electron chi connectivity index (χ1n) is 14.1. The molecule has 5 rings (SSSR count). The van der Waals surface area contributed by atoms with Crippen LogP contribution in [0.15, 0.2) is 30.6 Å². The predicted molar refractivity (Wildman–Crippen MR) is 150 cm³/mol. The van der Waals surface area contributed by atoms with E-state index in [0.29, 0.717) is 49.8 Å². The minimum Gasteiger partial charge on any atom is -0.379 e. The van der Waals surface area contributed by atoms with E-state index in [1.165, 1.54) is 6.33 Å². The third-order valence-electron chi connectivity index (χ3n) is 8.21. The summed E-state index contributed by atoms with van der Waals surface area (Å²) in [6.45, 7) is 5.33. The van der Waals surface area contributed by atoms with Crippen LogP contribution in [0.25, 0.3) is 0 Å². The molecule has 0 spiro atoms. The summed E-state index contributed by atoms with van der Waals surface area (Å²) in [4.78, 5) is 24.1. The molecule has 3 aliphatic heterocycles. The van der Waals surface area contributed by atoms with Gasteiger partial charge < -0.3 is 29.7 Å². The van der Waals surface area contributed by atoms with Gasteiger partial charge in [-0.3, -0.25) is 4.79 Å². The van der Waals surface area contributed by atoms with Gasteiger partial charge in [0, 0.05) is 56.0 Å². The maximum absolute atomic E-state index is 13.4. The number of nitrogens with one attached hydrogen (secondary N) is 2. The average Bonchev–Trinajstić information content (AvgIpc) is 2.97. The number of carbonyl (C=O) groups excluding carboxylic acids is 1. The lowest BCUT2D eigenvalue weighted by molar-refractivity contribution is -0.0533. The second-order valence-electron chi connectivity index (χ2n) is 10.8. The summed E-state index contributed by atoms with van der Waals surface area (Å²) in [7, 11) is 1.74. The summed E-state index contributed by atoms with van der Waals surface area (Å²) < 4.78 is 17.5. The highest BCUT2D eigenvalue weighted by Gasteiger charge is 2.31. The van der Waals surface area contributed by atoms with Crippen LogP contribution in [0.2, 0.25) is 5.02 Å². The number of carbonyl (C=O) groups is 1. The first-order valence-corrected chi connectivity index (χ1v) is 14.5. The van der Waals surface area contributed by atoms with E-state index in [0.717, 1.165) is 61.3 Å². The second kappa shape index (κ2) is 13.4. The highest BCUT2D eigenvalue weighted by Crippen LogP contribution is 2.32. The third kappa shape index (κ3) is 7.08. The number of halogens is 1. The standard InChI is InChI=1S/C29H40ClN5O4/c1-19-27(29(36)35-13-10-22(11-14-35)34-24-12-15-38-17-26(24)37-2)32-18-33-28(19)31-16-23-4-3-5-25(39-23)20-6-8-21(30)9-7-20/h6-9,18,22-26,34H,3-5,10-17H2,1-2H3,(H,31,32,33)/t23?,24-,25-,26+/m0/s1. The Kier molecular flexibility index (Phi) is 9.68. The molecule has 2 N–H and O–H groups in total. The first-order chi connectivity index (χ1) is 19.0. The van der Waals surface area contributed by atoms with Gasteiger partial charge in [-0.15, -0.1) is 0 Å². The van der Waals surface area contributed by atoms with Crippen molar-refractivity contribution in [1.82, 2.24) is 20.2 Å². The number of hydrogen-bond donors (Lipinski definition) is 2. The monoisotopic (exact) mass is 557 g/mol. The van der Waals surface area contributed by atoms with Crippen LogP contribution in [0.5, 0.6) is 0 Å². The maximum atomic E-state index is 13.4. The molecule has 3 saturated heterocycles. The van der Waals surface area contributed by atoms with Gasteiger partial charge in [0.05, 0.1) is 24.9 Å². The van der Waals surface area contributed by atoms with Crippen LogP contribution in [0.3, 0.4) is 0 Å². The summed E-state index contributed by atoms with van der Waals surface area (Å²) in [5.74, 6) is 0.654. The Morgan fingerprint density at radius 3 is 2.69 bits per heavy atom. The predicted octanol–water partition coefficient (Wildman–Crippen LogP) is 4.16. The largest absolute Gasteiger partial charge is 0.379 e. The summed E-state index contributed by atoms with van der Waals surface area (Å²) in [6.07, 6.45) is 7.51. The smallest absolute Gasteiger partial charge is 0.272 e. The SMILES string of the molecule is CO[C@@H]1COCC[C@@H]1NC1CCN(C(=O)c2ncnc(NCC3CCC[C@@H](c4ccc(Cl)cc4)O3)c2C)CC1. The molecule has 1 aromatic carbocycles. The first kappa shape index (κ1) is 28.2. The number of methoxy groups -OCH3 is 1. The lowest BCUT2D eigenvalue weighted by atomic mass is 9.98. The maximum Gasteiger partial charge on any atom is 0.272 e. The molecule has 1 aromatic heterocycles. The van der Waals surface area contributed by atoms with E-state index in [2.05, 4.69) is 20.6 Å². The van der Waals surface area contributed by atoms with Gasteiger partial charge in [-0.2, -0.15) is 0 Å². The number of benzene rings is 1. The molecule has 0 bridgehead atoms. The molecule has 1 unspecified atom stereocenters. The Morgan fingerprint density at radius 1 is 1.13 bits per heavy atom. The van der Waals surface area contributed by atoms with Crippen molar-refractivity contribution in [3.63, 3.8) is 0 Å². The molecule has 1 amide bonds. The number of ether oxygens (including phenoxy) is 3. The zero-order valence-corrected chi connectivity index (χ0v) is 23.7. The number of nitrogens with zero attached hydrogens (tertiary/aromatic N) is 3. The van der Waals surface area contributed by atoms with Crippen LogP contribution >= 0.6 is 11.6 Å². The van der Waals surface area contributed by atoms with Crippen LogP contribution in [-0.4, -0.2) is 85.0 Å². The van der Waals surface area contributed by atoms with E-state index < -0.39 is 0 Å². The van der Waals surface area contributed by atoms with Gasteiger partial charge in [0.15, 0.2) is 0 Å². The fourth-order valence-electron chi connectivity index (χ4n) is 5.86. The van der Waals surface area contributed by atoms with Crippen LogP contribution < -0.4 is 10.6 Å². The highest BCUT2D eigenvalue weighted by atomic mass is 35.5. The topological polar surface area (TPSA) is 97.8 Å². The third-order valence-corrected chi connectivity index (χ3v) is 8.47. The van der Waals surface area contributed by atoms with Crippen molar-refractivity contribution in [2.45, 2.75) is 75.8 Å². The summed E-state index contributed by atoms with van der Waals surface area (Å²) >= 11 is 6.05. The van der Waals surface area contributed by atoms with Gasteiger partial charge in [-0.05, 0) is 63.1 Å². The van der Waals surface area contributed by atoms with Crippen molar-refractivity contribution >= 4 is 23.3 Å². The zero-order chi connectivity index (χ0) is 27.2. The van der Waals surface area contributed by atoms with E-state index in [9.17, 15) is 4.79 Å². The van der Waals surface area contributed by atoms with E-state index in [1.54, 1.807) is 7.11 Å². The van der Waals surface area contributed by atoms with E-state index in [1.807, 2.05) is 36.1 Å². The molecule has 4 heterocycles. The lowest BCUT2D eigenvalue weighted by Crippen LogP contribution is -2.54. The quantitative estimate of drug-likeness (QED) is 0.499. The van der Waals surface area contributed by atoms with Crippen LogP contribution in [-0.2, 0) is 14.2 Å². The van der Waals surface area contributed by atoms with Gasteiger partial charge in [0.2, 0.25) is 0 Å². The lowest BCUT2D eigenvalue weighted by Gasteiger charge is -2.38. The number of amides is 1. The number of rotatable bonds is 8. The molecule has 39 heavy (non-hydrogen) atoms. The summed E-state index contributed by atoms with van der Waals surface area (Å²) in [5.41, 5.74) is 2.39. The Bertz CT molecular complexity index is 1100. The van der Waals surface area contributed by atoms with Gasteiger partial charge in [0.1, 0.15) is 17.8 Å². The fourth-order valence-corrected chi connectivity index (χ4v) is 5.99. The molecule has 10 heteroatoms. The molecule has 212 valence electrons. The van der Waals surface area contributed by atoms with Crippen molar-refractivity contribution in [2.24, 2.45) is 0 Å². The molecule has 4 atom stereocenters. The molecule has 0 aliphatic carbocycles. The van der Waals surface area contributed by atoms with E-state index in [-0.39, 0.29) is 24.2 Å². The number of piperidine rings is 1. The molecular weight excluding hydrogens is 518 g/mol. The molecular formula is C29H40ClN5O4. The Labute approximate surface area is 236 Å². The fraction of sp³-hybridized carbons (Fsp3) is 0.621. The zero-order valence-electron chi connectivity index (χ0n) is 22.9. The minimum absolute atomic E-state index is 0.0334. The Balaban J connectivity index is 1.13. The van der Waals surface area contributed by atoms with Crippen molar-refractivity contribution in [2.75, 3.05) is 45.3 Å². The number of likely N-dealkylation sites (tertiary alicyclic amines) is 1. The van der Waals surface area contributed by atoms with Gasteiger partial charge in [-0.1, -0.05) is 23.7 Å². The molecule has 0 radical (unpaired) electrons. The van der Waals surface area contributed by atoms with Crippen LogP contribution in [0, 0.1) is 6.92 Å². The van der Waals surface area contributed by atoms with Crippen LogP contribution in [0.4, 0.5) is 5.82 Å². The number of anilines is 1. The van der Waals surface area contributed by atoms with Gasteiger partial charge >= 0.3 is 0 Å². The molecule has 2 aromatic rings. The normalized spacial score (nSPS) is 26.4. The average molecular weight is 558 g/mol. The second-order valence-corrected chi connectivity index (χ2v) is 11.2. The Morgan fingerprint density at radius 2 is 1.92 bits per heavy atom. The van der Waals surface area contributed by atoms with Crippen molar-refractivity contribution in [3.05, 3.63) is 52.4 Å². The van der Waals surface area contributed by atoms with Gasteiger partial charge in [0.25, 0.3) is 5.91 Å². The van der Waals surface area contributed by atoms with Crippen molar-refractivity contribution in [3.8, 4) is 0 Å². The van der Waals surface area contributed by atoms with Crippen LogP contribution in [0.1, 0.15) is 66.2 Å². The van der Waals surface area contributed by atoms with Gasteiger partial charge in [-0.25, -0.2) is 9.97 Å². The van der Waals surface area contributed by atoms with E-state index >= 15 is 0 Å². The van der Waals surface area contributed by atoms with Crippen molar-refractivity contribution in [1.29, 1.82) is 0 Å². The summed E-state index contributed by atoms with van der Waals surface area (Å²) in [6, 6.07) is 8.55. The molecule has 3 fully saturated rings. The highest BCUT2D eigenvalue weighted by molar-refractivity contribution is 6.30. The summed E-state index contributed by atoms with van der Waals surface area (Å²) in [5, 5.41) is 7.90. The number of aromatic nitrogens is 2.